The first-order valence-corrected chi connectivity index (χ1v) is 9.40. The maximum absolute atomic E-state index is 6.28. The van der Waals surface area contributed by atoms with E-state index < -0.39 is 0 Å². The lowest BCUT2D eigenvalue weighted by atomic mass is 9.91. The second kappa shape index (κ2) is 4.18. The van der Waals surface area contributed by atoms with E-state index in [-0.39, 0.29) is 0 Å². The van der Waals surface area contributed by atoms with Gasteiger partial charge >= 0.3 is 0 Å². The molecule has 3 heterocycles. The third-order valence-corrected chi connectivity index (χ3v) is 6.23. The van der Waals surface area contributed by atoms with Crippen LogP contribution >= 0.6 is 0 Å². The van der Waals surface area contributed by atoms with Crippen LogP contribution in [0.3, 0.4) is 0 Å². The molecule has 0 amide bonds. The summed E-state index contributed by atoms with van der Waals surface area (Å²) in [6.45, 7) is 0. The standard InChI is InChI=1S/C25H11NO2/c1-2-14-21-15(3-1)27-16-8-6-12-4-5-13-7-9-17-23(20(13)19(12)22(16)21)24-18(28-17)10-11-26-25(14)24/h1-11H. The predicted molar refractivity (Wildman–Crippen MR) is 114 cm³/mol. The maximum atomic E-state index is 6.28. The van der Waals surface area contributed by atoms with Crippen molar-refractivity contribution in [3.05, 3.63) is 66.9 Å². The van der Waals surface area contributed by atoms with Gasteiger partial charge in [-0.2, -0.15) is 0 Å². The van der Waals surface area contributed by atoms with Crippen molar-refractivity contribution in [1.82, 2.24) is 4.98 Å². The van der Waals surface area contributed by atoms with Crippen LogP contribution in [0.2, 0.25) is 0 Å². The van der Waals surface area contributed by atoms with Crippen molar-refractivity contribution in [3.8, 4) is 0 Å². The summed E-state index contributed by atoms with van der Waals surface area (Å²) >= 11 is 0. The fraction of sp³-hybridized carbons (Fsp3) is 0. The zero-order valence-corrected chi connectivity index (χ0v) is 14.6. The number of hydrogen-bond donors (Lipinski definition) is 0. The van der Waals surface area contributed by atoms with E-state index in [2.05, 4.69) is 42.5 Å². The van der Waals surface area contributed by atoms with E-state index in [1.54, 1.807) is 0 Å². The maximum Gasteiger partial charge on any atom is 0.139 e. The molecule has 0 aliphatic carbocycles. The second-order valence-electron chi connectivity index (χ2n) is 7.55. The van der Waals surface area contributed by atoms with Crippen LogP contribution in [0.5, 0.6) is 0 Å². The van der Waals surface area contributed by atoms with Gasteiger partial charge in [-0.25, -0.2) is 0 Å². The van der Waals surface area contributed by atoms with Crippen LogP contribution < -0.4 is 0 Å². The summed E-state index contributed by atoms with van der Waals surface area (Å²) in [4.78, 5) is 4.81. The Kier molecular flexibility index (Phi) is 1.99. The highest BCUT2D eigenvalue weighted by Crippen LogP contribution is 2.47. The molecule has 0 unspecified atom stereocenters. The van der Waals surface area contributed by atoms with Gasteiger partial charge in [-0.05, 0) is 35.0 Å². The molecule has 3 nitrogen and oxygen atoms in total. The monoisotopic (exact) mass is 357 g/mol. The van der Waals surface area contributed by atoms with Crippen molar-refractivity contribution < 1.29 is 8.83 Å². The van der Waals surface area contributed by atoms with Gasteiger partial charge in [0.15, 0.2) is 0 Å². The Hall–Kier alpha value is -3.85. The van der Waals surface area contributed by atoms with Crippen LogP contribution in [-0.4, -0.2) is 4.98 Å². The molecular weight excluding hydrogens is 346 g/mol. The Balaban J connectivity index is 1.99. The summed E-state index contributed by atoms with van der Waals surface area (Å²) in [6.07, 6.45) is 1.83. The summed E-state index contributed by atoms with van der Waals surface area (Å²) in [5, 5.41) is 10.5. The number of pyridine rings is 1. The summed E-state index contributed by atoms with van der Waals surface area (Å²) in [6, 6.07) is 21.1. The Bertz CT molecular complexity index is 1730. The van der Waals surface area contributed by atoms with Gasteiger partial charge < -0.3 is 8.83 Å². The van der Waals surface area contributed by atoms with Gasteiger partial charge in [0, 0.05) is 38.5 Å². The molecule has 0 bridgehead atoms. The van der Waals surface area contributed by atoms with E-state index in [1.165, 1.54) is 26.9 Å². The number of fused-ring (bicyclic) bond motifs is 1. The molecular formula is C25H11NO2. The van der Waals surface area contributed by atoms with Crippen molar-refractivity contribution in [3.63, 3.8) is 0 Å². The average molecular weight is 357 g/mol. The number of nitrogens with zero attached hydrogens (tertiary/aromatic N) is 1. The lowest BCUT2D eigenvalue weighted by Crippen LogP contribution is -1.85. The molecule has 3 aromatic heterocycles. The highest BCUT2D eigenvalue weighted by Gasteiger charge is 2.22. The molecule has 5 aromatic carbocycles. The van der Waals surface area contributed by atoms with Gasteiger partial charge in [-0.3, -0.25) is 4.98 Å². The first kappa shape index (κ1) is 13.3. The molecule has 0 fully saturated rings. The number of benzene rings is 4. The molecule has 0 saturated carbocycles. The van der Waals surface area contributed by atoms with Crippen LogP contribution in [0.15, 0.2) is 75.7 Å². The molecule has 28 heavy (non-hydrogen) atoms. The van der Waals surface area contributed by atoms with Crippen molar-refractivity contribution >= 4 is 76.3 Å². The molecule has 0 saturated heterocycles. The number of hydrogen-bond acceptors (Lipinski definition) is 3. The van der Waals surface area contributed by atoms with E-state index in [9.17, 15) is 0 Å². The number of rotatable bonds is 0. The molecule has 0 atom stereocenters. The quantitative estimate of drug-likeness (QED) is 0.269. The van der Waals surface area contributed by atoms with Gasteiger partial charge in [0.25, 0.3) is 0 Å². The van der Waals surface area contributed by atoms with Crippen molar-refractivity contribution in [2.24, 2.45) is 0 Å². The van der Waals surface area contributed by atoms with Gasteiger partial charge in [-0.1, -0.05) is 36.4 Å². The lowest BCUT2D eigenvalue weighted by molar-refractivity contribution is 0.668. The predicted octanol–water partition coefficient (Wildman–Crippen LogP) is 7.22. The zero-order valence-electron chi connectivity index (χ0n) is 14.6. The lowest BCUT2D eigenvalue weighted by Gasteiger charge is -2.09. The van der Waals surface area contributed by atoms with Gasteiger partial charge in [0.1, 0.15) is 22.3 Å². The average Bonchev–Trinajstić information content (AvgIpc) is 3.30. The smallest absolute Gasteiger partial charge is 0.139 e. The second-order valence-corrected chi connectivity index (χ2v) is 7.55. The summed E-state index contributed by atoms with van der Waals surface area (Å²) < 4.78 is 12.5. The van der Waals surface area contributed by atoms with Crippen LogP contribution in [0.1, 0.15) is 0 Å². The Labute approximate surface area is 157 Å². The van der Waals surface area contributed by atoms with Crippen LogP contribution in [-0.2, 0) is 0 Å². The topological polar surface area (TPSA) is 39.2 Å². The first-order valence-electron chi connectivity index (χ1n) is 9.40. The molecule has 8 rings (SSSR count). The van der Waals surface area contributed by atoms with E-state index >= 15 is 0 Å². The minimum atomic E-state index is 0.876. The zero-order chi connectivity index (χ0) is 18.0. The Morgan fingerprint density at radius 2 is 1.11 bits per heavy atom. The van der Waals surface area contributed by atoms with E-state index in [0.29, 0.717) is 0 Å². The van der Waals surface area contributed by atoms with Crippen molar-refractivity contribution in [2.75, 3.05) is 0 Å². The van der Waals surface area contributed by atoms with E-state index in [4.69, 9.17) is 13.8 Å². The summed E-state index contributed by atoms with van der Waals surface area (Å²) in [5.74, 6) is 0. The van der Waals surface area contributed by atoms with Crippen molar-refractivity contribution in [1.29, 1.82) is 0 Å². The third kappa shape index (κ3) is 1.30. The molecule has 0 aliphatic heterocycles. The van der Waals surface area contributed by atoms with Gasteiger partial charge in [0.05, 0.1) is 10.9 Å². The largest absolute Gasteiger partial charge is 0.456 e. The SMILES string of the molecule is c1cc2oc3ccc4ccc5ccc6oc7ccnc8c(c1)c2c3c4c5c6c78. The fourth-order valence-electron chi connectivity index (χ4n) is 5.15. The Morgan fingerprint density at radius 1 is 0.500 bits per heavy atom. The molecule has 8 aromatic rings. The molecule has 0 N–H and O–H groups in total. The summed E-state index contributed by atoms with van der Waals surface area (Å²) in [7, 11) is 0. The number of furan rings is 2. The Morgan fingerprint density at radius 3 is 1.86 bits per heavy atom. The van der Waals surface area contributed by atoms with Crippen LogP contribution in [0.25, 0.3) is 76.3 Å². The highest BCUT2D eigenvalue weighted by molar-refractivity contribution is 6.40. The number of aromatic nitrogens is 1. The van der Waals surface area contributed by atoms with Crippen LogP contribution in [0.4, 0.5) is 0 Å². The normalized spacial score (nSPS) is 13.0. The highest BCUT2D eigenvalue weighted by atomic mass is 16.3. The van der Waals surface area contributed by atoms with Gasteiger partial charge in [0.2, 0.25) is 0 Å². The van der Waals surface area contributed by atoms with Crippen LogP contribution in [0, 0.1) is 0 Å². The van der Waals surface area contributed by atoms with E-state index in [1.807, 2.05) is 24.4 Å². The van der Waals surface area contributed by atoms with Gasteiger partial charge in [-0.15, -0.1) is 0 Å². The summed E-state index contributed by atoms with van der Waals surface area (Å²) in [5.41, 5.74) is 4.55. The molecule has 0 spiro atoms. The molecule has 0 aliphatic rings. The van der Waals surface area contributed by atoms with E-state index in [0.717, 1.165) is 49.4 Å². The molecule has 128 valence electrons. The fourth-order valence-corrected chi connectivity index (χ4v) is 5.15. The molecule has 3 heteroatoms. The molecule has 0 radical (unpaired) electrons. The third-order valence-electron chi connectivity index (χ3n) is 6.23. The van der Waals surface area contributed by atoms with Crippen molar-refractivity contribution in [2.45, 2.75) is 0 Å². The minimum absolute atomic E-state index is 0.876. The minimum Gasteiger partial charge on any atom is -0.456 e. The first-order chi connectivity index (χ1) is 13.9.